The highest BCUT2D eigenvalue weighted by Crippen LogP contribution is 2.41. The van der Waals surface area contributed by atoms with Crippen molar-refractivity contribution in [2.75, 3.05) is 0 Å². The Bertz CT molecular complexity index is 498. The van der Waals surface area contributed by atoms with Crippen LogP contribution in [0.5, 0.6) is 5.75 Å². The lowest BCUT2D eigenvalue weighted by Gasteiger charge is -2.34. The largest absolute Gasteiger partial charge is 0.487 e. The van der Waals surface area contributed by atoms with Gasteiger partial charge in [-0.2, -0.15) is 0 Å². The van der Waals surface area contributed by atoms with E-state index in [0.29, 0.717) is 12.0 Å². The number of aliphatic carboxylic acids is 1. The molecule has 3 heteroatoms. The van der Waals surface area contributed by atoms with E-state index < -0.39 is 5.97 Å². The van der Waals surface area contributed by atoms with Gasteiger partial charge in [0.15, 0.2) is 0 Å². The van der Waals surface area contributed by atoms with Crippen molar-refractivity contribution in [1.82, 2.24) is 0 Å². The summed E-state index contributed by atoms with van der Waals surface area (Å²) < 4.78 is 5.85. The Labute approximate surface area is 101 Å². The molecular formula is C14H16O3. The first kappa shape index (κ1) is 11.7. The average Bonchev–Trinajstić information content (AvgIpc) is 2.25. The summed E-state index contributed by atoms with van der Waals surface area (Å²) in [4.78, 5) is 11.1. The number of carboxylic acids is 1. The fraction of sp³-hybridized carbons (Fsp3) is 0.357. The van der Waals surface area contributed by atoms with Crippen LogP contribution in [0.4, 0.5) is 0 Å². The second-order valence-electron chi connectivity index (χ2n) is 4.94. The van der Waals surface area contributed by atoms with E-state index >= 15 is 0 Å². The predicted octanol–water partition coefficient (Wildman–Crippen LogP) is 3.11. The number of carboxylic acid groups (broad SMARTS) is 1. The third kappa shape index (κ3) is 2.18. The number of carbonyl (C=O) groups is 1. The zero-order valence-electron chi connectivity index (χ0n) is 10.3. The van der Waals surface area contributed by atoms with Crippen LogP contribution in [0.2, 0.25) is 0 Å². The molecular weight excluding hydrogens is 216 g/mol. The molecule has 0 aliphatic carbocycles. The lowest BCUT2D eigenvalue weighted by atomic mass is 9.86. The van der Waals surface area contributed by atoms with Crippen molar-refractivity contribution in [1.29, 1.82) is 0 Å². The molecule has 1 heterocycles. The van der Waals surface area contributed by atoms with Gasteiger partial charge in [-0.25, -0.2) is 4.79 Å². The van der Waals surface area contributed by atoms with E-state index in [1.54, 1.807) is 6.92 Å². The molecule has 1 aliphatic rings. The summed E-state index contributed by atoms with van der Waals surface area (Å²) in [5, 5.41) is 9.13. The molecule has 90 valence electrons. The lowest BCUT2D eigenvalue weighted by molar-refractivity contribution is -0.132. The second kappa shape index (κ2) is 3.91. The van der Waals surface area contributed by atoms with Crippen LogP contribution in [0.1, 0.15) is 32.8 Å². The summed E-state index contributed by atoms with van der Waals surface area (Å²) in [7, 11) is 0. The molecule has 0 bridgehead atoms. The fourth-order valence-electron chi connectivity index (χ4n) is 2.12. The van der Waals surface area contributed by atoms with Gasteiger partial charge in [0.1, 0.15) is 11.4 Å². The highest BCUT2D eigenvalue weighted by molar-refractivity contribution is 5.97. The highest BCUT2D eigenvalue weighted by Gasteiger charge is 2.31. The Morgan fingerprint density at radius 2 is 2.00 bits per heavy atom. The van der Waals surface area contributed by atoms with Crippen LogP contribution >= 0.6 is 0 Å². The SMILES string of the molecule is C/C(C(=O)O)=C1/CC(C)(C)Oc2ccccc21. The summed E-state index contributed by atoms with van der Waals surface area (Å²) in [6.07, 6.45) is 0.613. The van der Waals surface area contributed by atoms with E-state index in [1.165, 1.54) is 0 Å². The Morgan fingerprint density at radius 1 is 1.35 bits per heavy atom. The van der Waals surface area contributed by atoms with Crippen molar-refractivity contribution in [2.45, 2.75) is 32.8 Å². The lowest BCUT2D eigenvalue weighted by Crippen LogP contribution is -2.32. The number of ether oxygens (including phenoxy) is 1. The van der Waals surface area contributed by atoms with Gasteiger partial charge in [-0.3, -0.25) is 0 Å². The van der Waals surface area contributed by atoms with Gasteiger partial charge in [-0.15, -0.1) is 0 Å². The van der Waals surface area contributed by atoms with Gasteiger partial charge in [-0.05, 0) is 32.4 Å². The number of para-hydroxylation sites is 1. The van der Waals surface area contributed by atoms with Gasteiger partial charge in [0.25, 0.3) is 0 Å². The molecule has 0 spiro atoms. The highest BCUT2D eigenvalue weighted by atomic mass is 16.5. The van der Waals surface area contributed by atoms with E-state index in [1.807, 2.05) is 38.1 Å². The standard InChI is InChI=1S/C14H16O3/c1-9(13(15)16)11-8-14(2,3)17-12-7-5-4-6-10(11)12/h4-7H,8H2,1-3H3,(H,15,16)/b11-9+. The molecule has 0 unspecified atom stereocenters. The molecule has 2 rings (SSSR count). The average molecular weight is 232 g/mol. The Kier molecular flexibility index (Phi) is 2.69. The van der Waals surface area contributed by atoms with E-state index in [0.717, 1.165) is 16.9 Å². The molecule has 1 N–H and O–H groups in total. The summed E-state index contributed by atoms with van der Waals surface area (Å²) >= 11 is 0. The first-order chi connectivity index (χ1) is 7.91. The minimum absolute atomic E-state index is 0.361. The van der Waals surface area contributed by atoms with Crippen LogP contribution in [0.25, 0.3) is 5.57 Å². The molecule has 1 aliphatic heterocycles. The number of fused-ring (bicyclic) bond motifs is 1. The maximum Gasteiger partial charge on any atom is 0.331 e. The summed E-state index contributed by atoms with van der Waals surface area (Å²) in [6.45, 7) is 5.59. The molecule has 0 saturated heterocycles. The molecule has 0 atom stereocenters. The molecule has 1 aromatic rings. The monoisotopic (exact) mass is 232 g/mol. The number of benzene rings is 1. The van der Waals surface area contributed by atoms with E-state index in [-0.39, 0.29) is 5.60 Å². The van der Waals surface area contributed by atoms with Gasteiger partial charge in [0, 0.05) is 17.6 Å². The van der Waals surface area contributed by atoms with Gasteiger partial charge in [0.2, 0.25) is 0 Å². The van der Waals surface area contributed by atoms with Crippen molar-refractivity contribution in [3.8, 4) is 5.75 Å². The van der Waals surface area contributed by atoms with Gasteiger partial charge < -0.3 is 9.84 Å². The minimum Gasteiger partial charge on any atom is -0.487 e. The molecule has 0 radical (unpaired) electrons. The maximum absolute atomic E-state index is 11.1. The first-order valence-corrected chi connectivity index (χ1v) is 5.62. The van der Waals surface area contributed by atoms with Crippen molar-refractivity contribution in [3.63, 3.8) is 0 Å². The fourth-order valence-corrected chi connectivity index (χ4v) is 2.12. The predicted molar refractivity (Wildman–Crippen MR) is 66.0 cm³/mol. The second-order valence-corrected chi connectivity index (χ2v) is 4.94. The van der Waals surface area contributed by atoms with E-state index in [9.17, 15) is 4.79 Å². The van der Waals surface area contributed by atoms with Crippen LogP contribution < -0.4 is 4.74 Å². The van der Waals surface area contributed by atoms with Gasteiger partial charge >= 0.3 is 5.97 Å². The quantitative estimate of drug-likeness (QED) is 0.757. The number of hydrogen-bond acceptors (Lipinski definition) is 2. The zero-order chi connectivity index (χ0) is 12.6. The van der Waals surface area contributed by atoms with Crippen molar-refractivity contribution < 1.29 is 14.6 Å². The molecule has 3 nitrogen and oxygen atoms in total. The molecule has 0 saturated carbocycles. The van der Waals surface area contributed by atoms with E-state index in [4.69, 9.17) is 9.84 Å². The summed E-state index contributed by atoms with van der Waals surface area (Å²) in [5.74, 6) is -0.105. The Hall–Kier alpha value is -1.77. The molecule has 1 aromatic carbocycles. The van der Waals surface area contributed by atoms with E-state index in [2.05, 4.69) is 0 Å². The third-order valence-electron chi connectivity index (χ3n) is 2.97. The topological polar surface area (TPSA) is 46.5 Å². The van der Waals surface area contributed by atoms with Crippen molar-refractivity contribution in [2.24, 2.45) is 0 Å². The summed E-state index contributed by atoms with van der Waals surface area (Å²) in [5.41, 5.74) is 1.80. The number of hydrogen-bond donors (Lipinski definition) is 1. The van der Waals surface area contributed by atoms with Crippen LogP contribution in [-0.2, 0) is 4.79 Å². The van der Waals surface area contributed by atoms with Crippen molar-refractivity contribution in [3.05, 3.63) is 35.4 Å². The Morgan fingerprint density at radius 3 is 2.65 bits per heavy atom. The van der Waals surface area contributed by atoms with Crippen LogP contribution in [0.3, 0.4) is 0 Å². The molecule has 17 heavy (non-hydrogen) atoms. The number of rotatable bonds is 1. The van der Waals surface area contributed by atoms with Crippen LogP contribution in [0, 0.1) is 0 Å². The molecule has 0 amide bonds. The third-order valence-corrected chi connectivity index (χ3v) is 2.97. The zero-order valence-corrected chi connectivity index (χ0v) is 10.3. The minimum atomic E-state index is -0.868. The molecule has 0 fully saturated rings. The molecule has 0 aromatic heterocycles. The van der Waals surface area contributed by atoms with Crippen LogP contribution in [-0.4, -0.2) is 16.7 Å². The van der Waals surface area contributed by atoms with Crippen LogP contribution in [0.15, 0.2) is 29.8 Å². The normalized spacial score (nSPS) is 20.2. The smallest absolute Gasteiger partial charge is 0.331 e. The maximum atomic E-state index is 11.1. The first-order valence-electron chi connectivity index (χ1n) is 5.62. The Balaban J connectivity index is 2.62. The van der Waals surface area contributed by atoms with Crippen molar-refractivity contribution >= 4 is 11.5 Å². The van der Waals surface area contributed by atoms with Gasteiger partial charge in [0.05, 0.1) is 0 Å². The van der Waals surface area contributed by atoms with Gasteiger partial charge in [-0.1, -0.05) is 18.2 Å². The summed E-state index contributed by atoms with van der Waals surface area (Å²) in [6, 6.07) is 7.58.